The summed E-state index contributed by atoms with van der Waals surface area (Å²) in [5.74, 6) is -2.92. The largest absolute Gasteiger partial charge is 0.507 e. The highest BCUT2D eigenvalue weighted by atomic mass is 19.4. The molecule has 0 radical (unpaired) electrons. The third-order valence-electron chi connectivity index (χ3n) is 10.4. The van der Waals surface area contributed by atoms with Gasteiger partial charge in [0.15, 0.2) is 11.6 Å². The Bertz CT molecular complexity index is 2120. The van der Waals surface area contributed by atoms with Gasteiger partial charge in [-0.1, -0.05) is 0 Å². The number of nitrogens with zero attached hydrogens (tertiary/aromatic N) is 6. The first kappa shape index (κ1) is 38.6. The Morgan fingerprint density at radius 2 is 1.15 bits per heavy atom. The summed E-state index contributed by atoms with van der Waals surface area (Å²) in [7, 11) is 1.92. The first-order chi connectivity index (χ1) is 25.4. The van der Waals surface area contributed by atoms with Crippen molar-refractivity contribution in [3.8, 4) is 34.0 Å². The lowest BCUT2D eigenvalue weighted by molar-refractivity contribution is -0.138. The summed E-state index contributed by atoms with van der Waals surface area (Å²) in [6.07, 6.45) is -6.97. The number of carbonyl (C=O) groups is 2. The van der Waals surface area contributed by atoms with Gasteiger partial charge < -0.3 is 20.0 Å². The molecule has 4 heterocycles. The van der Waals surface area contributed by atoms with Gasteiger partial charge in [-0.05, 0) is 108 Å². The second-order valence-corrected chi connectivity index (χ2v) is 14.1. The van der Waals surface area contributed by atoms with E-state index < -0.39 is 40.9 Å². The Morgan fingerprint density at radius 1 is 0.667 bits per heavy atom. The number of ketones is 2. The fraction of sp³-hybridized carbons (Fsp3) is 0.421. The van der Waals surface area contributed by atoms with Gasteiger partial charge in [-0.25, -0.2) is 0 Å². The Hall–Kier alpha value is -5.12. The maximum Gasteiger partial charge on any atom is 0.416 e. The predicted octanol–water partition coefficient (Wildman–Crippen LogP) is 7.60. The minimum atomic E-state index is -4.71. The second-order valence-electron chi connectivity index (χ2n) is 14.1. The number of aromatic nitrogens is 4. The van der Waals surface area contributed by atoms with Gasteiger partial charge in [0, 0.05) is 48.2 Å². The van der Waals surface area contributed by atoms with Crippen molar-refractivity contribution in [2.24, 2.45) is 11.8 Å². The molecule has 0 spiro atoms. The molecule has 2 saturated heterocycles. The first-order valence-electron chi connectivity index (χ1n) is 17.4. The Morgan fingerprint density at radius 3 is 1.67 bits per heavy atom. The lowest BCUT2D eigenvalue weighted by Crippen LogP contribution is -2.40. The molecule has 4 aromatic rings. The molecule has 54 heavy (non-hydrogen) atoms. The Balaban J connectivity index is 1.36. The number of benzene rings is 2. The number of carbonyl (C=O) groups excluding carboxylic acids is 2. The number of halogens is 6. The standard InChI is InChI=1S/C38H38F6N6O4/c1-19-20(2)31(46-45-30(19)26-11-9-24(15-28(26)51)37(39,40)41)36(54)23-8-6-14-50(18-23)34-21(3)32(35(53)22-7-5-13-49(4)17-22)47-48-33(34)27-12-10-25(16-29(27)52)38(42,43)44/h9-12,15-16,22-23,51-52H,5-8,13-14,17-18H2,1-4H3. The topological polar surface area (TPSA) is 133 Å². The van der Waals surface area contributed by atoms with Crippen LogP contribution in [-0.2, 0) is 12.4 Å². The third-order valence-corrected chi connectivity index (χ3v) is 10.4. The van der Waals surface area contributed by atoms with E-state index in [-0.39, 0.29) is 57.9 Å². The number of hydrogen-bond donors (Lipinski definition) is 2. The first-order valence-corrected chi connectivity index (χ1v) is 17.4. The number of rotatable bonds is 7. The van der Waals surface area contributed by atoms with Crippen LogP contribution in [0.3, 0.4) is 0 Å². The summed E-state index contributed by atoms with van der Waals surface area (Å²) in [6, 6.07) is 5.05. The average Bonchev–Trinajstić information content (AvgIpc) is 3.11. The van der Waals surface area contributed by atoms with Gasteiger partial charge in [-0.15, -0.1) is 20.4 Å². The zero-order valence-electron chi connectivity index (χ0n) is 29.9. The Kier molecular flexibility index (Phi) is 10.4. The molecule has 2 atom stereocenters. The summed E-state index contributed by atoms with van der Waals surface area (Å²) in [6.45, 7) is 6.78. The quantitative estimate of drug-likeness (QED) is 0.144. The van der Waals surface area contributed by atoms with E-state index in [1.807, 2.05) is 11.9 Å². The van der Waals surface area contributed by atoms with E-state index in [1.54, 1.807) is 20.8 Å². The summed E-state index contributed by atoms with van der Waals surface area (Å²) in [4.78, 5) is 31.9. The number of alkyl halides is 6. The molecule has 2 aromatic carbocycles. The maximum absolute atomic E-state index is 14.1. The number of phenolic OH excluding ortho intramolecular Hbond substituents is 2. The number of anilines is 1. The number of piperidine rings is 2. The van der Waals surface area contributed by atoms with Crippen LogP contribution in [0.25, 0.3) is 22.5 Å². The van der Waals surface area contributed by atoms with Gasteiger partial charge in [0.2, 0.25) is 0 Å². The van der Waals surface area contributed by atoms with Crippen molar-refractivity contribution in [3.63, 3.8) is 0 Å². The van der Waals surface area contributed by atoms with E-state index in [0.29, 0.717) is 66.9 Å². The van der Waals surface area contributed by atoms with Crippen LogP contribution in [0, 0.1) is 32.6 Å². The molecule has 2 aliphatic heterocycles. The number of phenols is 2. The molecule has 2 unspecified atom stereocenters. The molecule has 10 nitrogen and oxygen atoms in total. The summed E-state index contributed by atoms with van der Waals surface area (Å²) >= 11 is 0. The zero-order valence-corrected chi connectivity index (χ0v) is 29.9. The molecule has 0 saturated carbocycles. The van der Waals surface area contributed by atoms with Crippen molar-refractivity contribution < 1.29 is 46.1 Å². The molecule has 0 amide bonds. The van der Waals surface area contributed by atoms with Gasteiger partial charge in [-0.3, -0.25) is 9.59 Å². The van der Waals surface area contributed by atoms with Crippen LogP contribution in [0.2, 0.25) is 0 Å². The van der Waals surface area contributed by atoms with Crippen LogP contribution in [0.4, 0.5) is 32.0 Å². The molecule has 0 bridgehead atoms. The molecule has 2 fully saturated rings. The van der Waals surface area contributed by atoms with E-state index in [1.165, 1.54) is 0 Å². The van der Waals surface area contributed by atoms with Crippen molar-refractivity contribution >= 4 is 17.3 Å². The van der Waals surface area contributed by atoms with Crippen molar-refractivity contribution in [1.29, 1.82) is 0 Å². The molecular formula is C38H38F6N6O4. The van der Waals surface area contributed by atoms with Crippen molar-refractivity contribution in [1.82, 2.24) is 25.3 Å². The van der Waals surface area contributed by atoms with Crippen LogP contribution < -0.4 is 4.90 Å². The van der Waals surface area contributed by atoms with Gasteiger partial charge in [-0.2, -0.15) is 26.3 Å². The molecule has 286 valence electrons. The fourth-order valence-corrected chi connectivity index (χ4v) is 7.39. The van der Waals surface area contributed by atoms with Crippen molar-refractivity contribution in [3.05, 3.63) is 75.6 Å². The SMILES string of the molecule is Cc1c(C(=O)C2CCCN(c3c(-c4ccc(C(F)(F)F)cc4O)nnc(C(=O)C4CCCN(C)C4)c3C)C2)nnc(-c2ccc(C(F)(F)F)cc2O)c1C. The third kappa shape index (κ3) is 7.48. The summed E-state index contributed by atoms with van der Waals surface area (Å²) in [5, 5.41) is 38.2. The molecule has 2 aromatic heterocycles. The molecule has 16 heteroatoms. The van der Waals surface area contributed by atoms with E-state index in [9.17, 15) is 46.1 Å². The smallest absolute Gasteiger partial charge is 0.416 e. The van der Waals surface area contributed by atoms with Crippen molar-refractivity contribution in [2.75, 3.05) is 38.1 Å². The fourth-order valence-electron chi connectivity index (χ4n) is 7.39. The minimum Gasteiger partial charge on any atom is -0.507 e. The van der Waals surface area contributed by atoms with Crippen LogP contribution in [-0.4, -0.2) is 80.3 Å². The number of likely N-dealkylation sites (tertiary alicyclic amines) is 1. The van der Waals surface area contributed by atoms with E-state index >= 15 is 0 Å². The van der Waals surface area contributed by atoms with Crippen LogP contribution in [0.1, 0.15) is 74.5 Å². The highest BCUT2D eigenvalue weighted by Crippen LogP contribution is 2.43. The molecule has 6 rings (SSSR count). The molecule has 0 aliphatic carbocycles. The minimum absolute atomic E-state index is 0.0175. The van der Waals surface area contributed by atoms with Gasteiger partial charge in [0.05, 0.1) is 22.5 Å². The second kappa shape index (κ2) is 14.6. The van der Waals surface area contributed by atoms with Gasteiger partial charge >= 0.3 is 12.4 Å². The van der Waals surface area contributed by atoms with E-state index in [0.717, 1.165) is 37.2 Å². The molecule has 2 aliphatic rings. The van der Waals surface area contributed by atoms with Crippen LogP contribution >= 0.6 is 0 Å². The van der Waals surface area contributed by atoms with Gasteiger partial charge in [0.25, 0.3) is 0 Å². The predicted molar refractivity (Wildman–Crippen MR) is 186 cm³/mol. The monoisotopic (exact) mass is 756 g/mol. The van der Waals surface area contributed by atoms with Gasteiger partial charge in [0.1, 0.15) is 28.6 Å². The normalized spacial score (nSPS) is 18.5. The number of aromatic hydroxyl groups is 2. The number of hydrogen-bond acceptors (Lipinski definition) is 10. The zero-order chi connectivity index (χ0) is 39.3. The van der Waals surface area contributed by atoms with Crippen LogP contribution in [0.15, 0.2) is 36.4 Å². The summed E-state index contributed by atoms with van der Waals surface area (Å²) < 4.78 is 80.1. The molecular weight excluding hydrogens is 718 g/mol. The lowest BCUT2D eigenvalue weighted by atomic mass is 9.88. The Labute approximate surface area is 306 Å². The average molecular weight is 757 g/mol. The maximum atomic E-state index is 14.1. The molecule has 2 N–H and O–H groups in total. The van der Waals surface area contributed by atoms with E-state index in [2.05, 4.69) is 25.3 Å². The van der Waals surface area contributed by atoms with Crippen LogP contribution in [0.5, 0.6) is 11.5 Å². The lowest BCUT2D eigenvalue weighted by Gasteiger charge is -2.36. The van der Waals surface area contributed by atoms with Crippen molar-refractivity contribution in [2.45, 2.75) is 58.8 Å². The number of Topliss-reactive ketones (excluding diaryl/α,β-unsaturated/α-hetero) is 2. The highest BCUT2D eigenvalue weighted by molar-refractivity contribution is 6.01. The highest BCUT2D eigenvalue weighted by Gasteiger charge is 2.37. The summed E-state index contributed by atoms with van der Waals surface area (Å²) in [5.41, 5.74) is -0.168. The van der Waals surface area contributed by atoms with E-state index in [4.69, 9.17) is 0 Å².